The second kappa shape index (κ2) is 6.70. The third-order valence-corrected chi connectivity index (χ3v) is 4.83. The van der Waals surface area contributed by atoms with Gasteiger partial charge in [-0.15, -0.1) is 11.8 Å². The average Bonchev–Trinajstić information content (AvgIpc) is 3.09. The maximum atomic E-state index is 12.2. The highest BCUT2D eigenvalue weighted by Crippen LogP contribution is 2.28. The summed E-state index contributed by atoms with van der Waals surface area (Å²) in [7, 11) is 1.86. The molecule has 3 rings (SSSR count). The van der Waals surface area contributed by atoms with Crippen LogP contribution in [0.1, 0.15) is 24.5 Å². The van der Waals surface area contributed by atoms with Crippen molar-refractivity contribution in [2.45, 2.75) is 25.0 Å². The number of nitrogens with zero attached hydrogens (tertiary/aromatic N) is 3. The highest BCUT2D eigenvalue weighted by atomic mass is 32.2. The van der Waals surface area contributed by atoms with E-state index >= 15 is 0 Å². The monoisotopic (exact) mass is 324 g/mol. The maximum Gasteiger partial charge on any atom is 0.239 e. The highest BCUT2D eigenvalue weighted by molar-refractivity contribution is 8.00. The van der Waals surface area contributed by atoms with Gasteiger partial charge < -0.3 is 15.0 Å². The molecule has 0 saturated carbocycles. The third-order valence-electron chi connectivity index (χ3n) is 3.88. The lowest BCUT2D eigenvalue weighted by Gasteiger charge is -2.32. The Labute approximate surface area is 133 Å². The molecular weight excluding hydrogens is 304 g/mol. The molecule has 0 bridgehead atoms. The molecule has 22 heavy (non-hydrogen) atoms. The van der Waals surface area contributed by atoms with Gasteiger partial charge in [0.2, 0.25) is 11.8 Å². The smallest absolute Gasteiger partial charge is 0.239 e. The molecule has 0 spiro atoms. The standard InChI is InChI=1S/C14H20N4O3S/c1-17-6-10(5-15-17)14-11(3-2-4-21-14)16-12(19)7-18-9-22-8-13(18)20/h5-6,11,14H,2-4,7-9H2,1H3,(H,16,19)/t11-,14+/m0/s1. The molecule has 1 aromatic rings. The Bertz CT molecular complexity index is 562. The lowest BCUT2D eigenvalue weighted by atomic mass is 9.98. The first kappa shape index (κ1) is 15.4. The minimum atomic E-state index is -0.171. The molecule has 1 aromatic heterocycles. The van der Waals surface area contributed by atoms with E-state index in [-0.39, 0.29) is 30.5 Å². The Kier molecular flexibility index (Phi) is 4.68. The first-order chi connectivity index (χ1) is 10.6. The fourth-order valence-electron chi connectivity index (χ4n) is 2.81. The zero-order valence-electron chi connectivity index (χ0n) is 12.5. The summed E-state index contributed by atoms with van der Waals surface area (Å²) < 4.78 is 7.56. The average molecular weight is 324 g/mol. The predicted molar refractivity (Wildman–Crippen MR) is 82.1 cm³/mol. The van der Waals surface area contributed by atoms with Crippen LogP contribution >= 0.6 is 11.8 Å². The van der Waals surface area contributed by atoms with Crippen LogP contribution in [0.2, 0.25) is 0 Å². The number of hydrogen-bond donors (Lipinski definition) is 1. The molecule has 2 fully saturated rings. The number of carbonyl (C=O) groups excluding carboxylic acids is 2. The number of amides is 2. The molecule has 120 valence electrons. The molecule has 2 amide bonds. The second-order valence-corrected chi connectivity index (χ2v) is 6.58. The van der Waals surface area contributed by atoms with Crippen molar-refractivity contribution in [2.75, 3.05) is 24.8 Å². The van der Waals surface area contributed by atoms with Crippen LogP contribution < -0.4 is 5.32 Å². The predicted octanol–water partition coefficient (Wildman–Crippen LogP) is 0.289. The van der Waals surface area contributed by atoms with Gasteiger partial charge >= 0.3 is 0 Å². The minimum absolute atomic E-state index is 0.0313. The Balaban J connectivity index is 1.61. The van der Waals surface area contributed by atoms with Crippen molar-refractivity contribution in [3.05, 3.63) is 18.0 Å². The van der Waals surface area contributed by atoms with E-state index in [0.717, 1.165) is 18.4 Å². The lowest BCUT2D eigenvalue weighted by Crippen LogP contribution is -2.47. The molecule has 2 aliphatic rings. The summed E-state index contributed by atoms with van der Waals surface area (Å²) in [5, 5.41) is 7.19. The van der Waals surface area contributed by atoms with E-state index in [1.165, 1.54) is 11.8 Å². The molecule has 0 unspecified atom stereocenters. The van der Waals surface area contributed by atoms with Gasteiger partial charge in [-0.05, 0) is 12.8 Å². The SMILES string of the molecule is Cn1cc([C@H]2OCCC[C@@H]2NC(=O)CN2CSCC2=O)cn1. The molecule has 2 atom stereocenters. The molecule has 2 saturated heterocycles. The molecule has 1 N–H and O–H groups in total. The van der Waals surface area contributed by atoms with Crippen molar-refractivity contribution < 1.29 is 14.3 Å². The van der Waals surface area contributed by atoms with Crippen LogP contribution in [0.25, 0.3) is 0 Å². The summed E-state index contributed by atoms with van der Waals surface area (Å²) in [6.45, 7) is 0.815. The molecule has 3 heterocycles. The topological polar surface area (TPSA) is 76.5 Å². The van der Waals surface area contributed by atoms with Crippen LogP contribution in [0.3, 0.4) is 0 Å². The summed E-state index contributed by atoms with van der Waals surface area (Å²) in [5.41, 5.74) is 0.973. The summed E-state index contributed by atoms with van der Waals surface area (Å²) >= 11 is 1.54. The Morgan fingerprint density at radius 1 is 1.59 bits per heavy atom. The summed E-state index contributed by atoms with van der Waals surface area (Å²) in [4.78, 5) is 25.4. The number of thioether (sulfide) groups is 1. The number of aromatic nitrogens is 2. The summed E-state index contributed by atoms with van der Waals surface area (Å²) in [6.07, 6.45) is 5.30. The molecule has 0 aliphatic carbocycles. The van der Waals surface area contributed by atoms with E-state index < -0.39 is 0 Å². The molecule has 7 nitrogen and oxygen atoms in total. The minimum Gasteiger partial charge on any atom is -0.371 e. The van der Waals surface area contributed by atoms with Crippen LogP contribution in [-0.4, -0.2) is 57.3 Å². The summed E-state index contributed by atoms with van der Waals surface area (Å²) in [6, 6.07) is -0.0733. The first-order valence-corrected chi connectivity index (χ1v) is 8.54. The van der Waals surface area contributed by atoms with Gasteiger partial charge in [-0.2, -0.15) is 5.10 Å². The number of aryl methyl sites for hydroxylation is 1. The Morgan fingerprint density at radius 2 is 2.45 bits per heavy atom. The maximum absolute atomic E-state index is 12.2. The number of hydrogen-bond acceptors (Lipinski definition) is 5. The van der Waals surface area contributed by atoms with Gasteiger partial charge in [0.1, 0.15) is 12.6 Å². The fraction of sp³-hybridized carbons (Fsp3) is 0.643. The Hall–Kier alpha value is -1.54. The lowest BCUT2D eigenvalue weighted by molar-refractivity contribution is -0.133. The van der Waals surface area contributed by atoms with Gasteiger partial charge in [-0.25, -0.2) is 0 Å². The molecule has 2 aliphatic heterocycles. The van der Waals surface area contributed by atoms with Gasteiger partial charge in [0.05, 0.1) is 23.9 Å². The fourth-order valence-corrected chi connectivity index (χ4v) is 3.71. The van der Waals surface area contributed by atoms with Crippen molar-refractivity contribution >= 4 is 23.6 Å². The number of ether oxygens (including phenoxy) is 1. The largest absolute Gasteiger partial charge is 0.371 e. The van der Waals surface area contributed by atoms with E-state index in [2.05, 4.69) is 10.4 Å². The molecular formula is C14H20N4O3S. The van der Waals surface area contributed by atoms with E-state index in [0.29, 0.717) is 18.2 Å². The molecule has 0 radical (unpaired) electrons. The van der Waals surface area contributed by atoms with Gasteiger partial charge in [0.25, 0.3) is 0 Å². The van der Waals surface area contributed by atoms with Crippen LogP contribution in [0.15, 0.2) is 12.4 Å². The normalized spacial score (nSPS) is 25.5. The van der Waals surface area contributed by atoms with Crippen molar-refractivity contribution in [1.82, 2.24) is 20.0 Å². The third kappa shape index (κ3) is 3.44. The van der Waals surface area contributed by atoms with Gasteiger partial charge in [0, 0.05) is 25.4 Å². The number of rotatable bonds is 4. The second-order valence-electron chi connectivity index (χ2n) is 5.62. The Morgan fingerprint density at radius 3 is 3.14 bits per heavy atom. The van der Waals surface area contributed by atoms with E-state index in [1.54, 1.807) is 15.8 Å². The van der Waals surface area contributed by atoms with Crippen molar-refractivity contribution in [1.29, 1.82) is 0 Å². The zero-order chi connectivity index (χ0) is 15.5. The van der Waals surface area contributed by atoms with Crippen LogP contribution in [0.4, 0.5) is 0 Å². The van der Waals surface area contributed by atoms with Crippen molar-refractivity contribution in [2.24, 2.45) is 7.05 Å². The van der Waals surface area contributed by atoms with Gasteiger partial charge in [-0.3, -0.25) is 14.3 Å². The van der Waals surface area contributed by atoms with Gasteiger partial charge in [0.15, 0.2) is 0 Å². The quantitative estimate of drug-likeness (QED) is 0.861. The van der Waals surface area contributed by atoms with E-state index in [4.69, 9.17) is 4.74 Å². The van der Waals surface area contributed by atoms with Crippen LogP contribution in [-0.2, 0) is 21.4 Å². The van der Waals surface area contributed by atoms with Crippen molar-refractivity contribution in [3.63, 3.8) is 0 Å². The van der Waals surface area contributed by atoms with Crippen LogP contribution in [0.5, 0.6) is 0 Å². The van der Waals surface area contributed by atoms with E-state index in [9.17, 15) is 9.59 Å². The molecule has 8 heteroatoms. The molecule has 0 aromatic carbocycles. The van der Waals surface area contributed by atoms with Crippen LogP contribution in [0, 0.1) is 0 Å². The first-order valence-electron chi connectivity index (χ1n) is 7.38. The summed E-state index contributed by atoms with van der Waals surface area (Å²) in [5.74, 6) is 0.974. The number of carbonyl (C=O) groups is 2. The van der Waals surface area contributed by atoms with Crippen molar-refractivity contribution in [3.8, 4) is 0 Å². The van der Waals surface area contributed by atoms with Gasteiger partial charge in [-0.1, -0.05) is 0 Å². The number of nitrogens with one attached hydrogen (secondary N) is 1. The van der Waals surface area contributed by atoms with E-state index in [1.807, 2.05) is 13.2 Å². The zero-order valence-corrected chi connectivity index (χ0v) is 13.3. The highest BCUT2D eigenvalue weighted by Gasteiger charge is 2.31.